The molecule has 0 radical (unpaired) electrons. The molecule has 0 saturated carbocycles. The Morgan fingerprint density at radius 1 is 1.31 bits per heavy atom. The summed E-state index contributed by atoms with van der Waals surface area (Å²) < 4.78 is 38.3. The first-order valence-electron chi connectivity index (χ1n) is 8.03. The molecule has 8 nitrogen and oxygen atoms in total. The summed E-state index contributed by atoms with van der Waals surface area (Å²) in [6, 6.07) is 9.60. The van der Waals surface area contributed by atoms with Gasteiger partial charge in [0, 0.05) is 16.9 Å². The molecule has 148 valence electrons. The lowest BCUT2D eigenvalue weighted by Gasteiger charge is -2.12. The zero-order valence-corrected chi connectivity index (χ0v) is 16.2. The number of hydrogen-bond acceptors (Lipinski definition) is 5. The monoisotopic (exact) mass is 433 g/mol. The third-order valence-corrected chi connectivity index (χ3v) is 5.17. The molecule has 0 fully saturated rings. The Morgan fingerprint density at radius 2 is 2.07 bits per heavy atom. The van der Waals surface area contributed by atoms with Crippen LogP contribution in [0.5, 0.6) is 0 Å². The zero-order valence-electron chi connectivity index (χ0n) is 14.6. The third kappa shape index (κ3) is 4.78. The molecule has 0 atom stereocenters. The highest BCUT2D eigenvalue weighted by Gasteiger charge is 2.18. The number of nitriles is 1. The minimum Gasteiger partial charge on any atom is -0.326 e. The van der Waals surface area contributed by atoms with Gasteiger partial charge in [-0.3, -0.25) is 4.79 Å². The SMILES string of the molecule is N#Cc1cnn(-c2ccc(NC(=O)Cc3ccc(F)cc3Cl)cc2S(N)(=O)=O)c1. The van der Waals surface area contributed by atoms with Crippen molar-refractivity contribution in [3.05, 3.63) is 70.8 Å². The second-order valence-electron chi connectivity index (χ2n) is 5.97. The van der Waals surface area contributed by atoms with Crippen LogP contribution in [0.15, 0.2) is 53.7 Å². The van der Waals surface area contributed by atoms with Crippen LogP contribution in [0.1, 0.15) is 11.1 Å². The van der Waals surface area contributed by atoms with Gasteiger partial charge in [0.1, 0.15) is 16.8 Å². The predicted molar refractivity (Wildman–Crippen MR) is 103 cm³/mol. The highest BCUT2D eigenvalue weighted by molar-refractivity contribution is 7.89. The van der Waals surface area contributed by atoms with Gasteiger partial charge in [-0.1, -0.05) is 17.7 Å². The van der Waals surface area contributed by atoms with Crippen LogP contribution < -0.4 is 10.5 Å². The third-order valence-electron chi connectivity index (χ3n) is 3.87. The minimum absolute atomic E-state index is 0.104. The van der Waals surface area contributed by atoms with Gasteiger partial charge in [0.05, 0.1) is 23.9 Å². The number of carbonyl (C=O) groups excluding carboxylic acids is 1. The molecule has 11 heteroatoms. The molecule has 1 aromatic heterocycles. The Labute approximate surface area is 170 Å². The van der Waals surface area contributed by atoms with E-state index in [4.69, 9.17) is 22.0 Å². The van der Waals surface area contributed by atoms with Crippen LogP contribution in [0.25, 0.3) is 5.69 Å². The smallest absolute Gasteiger partial charge is 0.240 e. The number of nitrogens with one attached hydrogen (secondary N) is 1. The Balaban J connectivity index is 1.88. The lowest BCUT2D eigenvalue weighted by atomic mass is 10.1. The van der Waals surface area contributed by atoms with Crippen molar-refractivity contribution in [1.29, 1.82) is 5.26 Å². The largest absolute Gasteiger partial charge is 0.326 e. The number of amides is 1. The molecule has 3 rings (SSSR count). The van der Waals surface area contributed by atoms with E-state index in [9.17, 15) is 17.6 Å². The molecule has 2 aromatic carbocycles. The molecule has 29 heavy (non-hydrogen) atoms. The molecule has 0 aliphatic rings. The number of sulfonamides is 1. The molecule has 0 spiro atoms. The lowest BCUT2D eigenvalue weighted by Crippen LogP contribution is -2.18. The summed E-state index contributed by atoms with van der Waals surface area (Å²) in [5.41, 5.74) is 0.940. The van der Waals surface area contributed by atoms with Crippen molar-refractivity contribution in [2.75, 3.05) is 5.32 Å². The summed E-state index contributed by atoms with van der Waals surface area (Å²) in [6.45, 7) is 0. The number of primary sulfonamides is 1. The van der Waals surface area contributed by atoms with Crippen molar-refractivity contribution < 1.29 is 17.6 Å². The number of hydrogen-bond donors (Lipinski definition) is 2. The summed E-state index contributed by atoms with van der Waals surface area (Å²) >= 11 is 5.92. The highest BCUT2D eigenvalue weighted by atomic mass is 35.5. The van der Waals surface area contributed by atoms with E-state index in [0.717, 1.165) is 6.07 Å². The Kier molecular flexibility index (Phi) is 5.65. The van der Waals surface area contributed by atoms with E-state index in [1.807, 2.05) is 6.07 Å². The fourth-order valence-corrected chi connectivity index (χ4v) is 3.54. The van der Waals surface area contributed by atoms with Crippen LogP contribution in [-0.2, 0) is 21.2 Å². The van der Waals surface area contributed by atoms with E-state index < -0.39 is 21.7 Å². The Hall–Kier alpha value is -3.26. The number of aromatic nitrogens is 2. The van der Waals surface area contributed by atoms with Gasteiger partial charge in [-0.15, -0.1) is 0 Å². The zero-order chi connectivity index (χ0) is 21.2. The number of benzene rings is 2. The topological polar surface area (TPSA) is 131 Å². The predicted octanol–water partition coefficient (Wildman–Crippen LogP) is 2.37. The minimum atomic E-state index is -4.17. The normalized spacial score (nSPS) is 11.1. The molecule has 0 aliphatic heterocycles. The van der Waals surface area contributed by atoms with Crippen molar-refractivity contribution in [2.24, 2.45) is 5.14 Å². The summed E-state index contributed by atoms with van der Waals surface area (Å²) in [6.07, 6.45) is 2.48. The van der Waals surface area contributed by atoms with E-state index in [1.54, 1.807) is 0 Å². The van der Waals surface area contributed by atoms with Gasteiger partial charge in [-0.05, 0) is 35.9 Å². The van der Waals surface area contributed by atoms with Gasteiger partial charge < -0.3 is 5.32 Å². The van der Waals surface area contributed by atoms with Crippen LogP contribution in [0.2, 0.25) is 5.02 Å². The summed E-state index contributed by atoms with van der Waals surface area (Å²) in [5, 5.41) is 20.8. The fourth-order valence-electron chi connectivity index (χ4n) is 2.56. The van der Waals surface area contributed by atoms with Crippen molar-refractivity contribution >= 4 is 33.2 Å². The molecule has 3 aromatic rings. The van der Waals surface area contributed by atoms with E-state index in [-0.39, 0.29) is 33.3 Å². The average Bonchev–Trinajstić information content (AvgIpc) is 3.12. The summed E-state index contributed by atoms with van der Waals surface area (Å²) in [7, 11) is -4.17. The molecule has 0 aliphatic carbocycles. The first-order valence-corrected chi connectivity index (χ1v) is 9.95. The maximum atomic E-state index is 13.1. The van der Waals surface area contributed by atoms with E-state index in [1.165, 1.54) is 47.4 Å². The second-order valence-corrected chi connectivity index (χ2v) is 7.91. The second kappa shape index (κ2) is 8.00. The average molecular weight is 434 g/mol. The van der Waals surface area contributed by atoms with Crippen LogP contribution in [0, 0.1) is 17.1 Å². The van der Waals surface area contributed by atoms with E-state index in [2.05, 4.69) is 10.4 Å². The van der Waals surface area contributed by atoms with Gasteiger partial charge in [0.25, 0.3) is 0 Å². The maximum Gasteiger partial charge on any atom is 0.240 e. The lowest BCUT2D eigenvalue weighted by molar-refractivity contribution is -0.115. The first kappa shape index (κ1) is 20.5. The Bertz CT molecular complexity index is 1250. The molecule has 1 heterocycles. The standard InChI is InChI=1S/C18H13ClFN5O3S/c19-15-6-13(20)2-1-12(15)5-18(26)24-14-3-4-16(17(7-14)29(22,27)28)25-10-11(8-21)9-23-25/h1-4,6-7,9-10H,5H2,(H,24,26)(H2,22,27,28). The van der Waals surface area contributed by atoms with Crippen molar-refractivity contribution in [3.8, 4) is 11.8 Å². The van der Waals surface area contributed by atoms with Gasteiger partial charge in [-0.25, -0.2) is 22.6 Å². The first-order chi connectivity index (χ1) is 13.7. The van der Waals surface area contributed by atoms with Crippen molar-refractivity contribution in [3.63, 3.8) is 0 Å². The summed E-state index contributed by atoms with van der Waals surface area (Å²) in [5.74, 6) is -1.01. The summed E-state index contributed by atoms with van der Waals surface area (Å²) in [4.78, 5) is 12.0. The Morgan fingerprint density at radius 3 is 2.69 bits per heavy atom. The number of rotatable bonds is 5. The quantitative estimate of drug-likeness (QED) is 0.637. The van der Waals surface area contributed by atoms with Gasteiger partial charge in [-0.2, -0.15) is 10.4 Å². The molecule has 0 bridgehead atoms. The van der Waals surface area contributed by atoms with Gasteiger partial charge >= 0.3 is 0 Å². The molecular formula is C18H13ClFN5O3S. The number of nitrogens with two attached hydrogens (primary N) is 1. The number of carbonyl (C=O) groups is 1. The van der Waals surface area contributed by atoms with Gasteiger partial charge in [0.2, 0.25) is 15.9 Å². The van der Waals surface area contributed by atoms with E-state index >= 15 is 0 Å². The van der Waals surface area contributed by atoms with Crippen molar-refractivity contribution in [2.45, 2.75) is 11.3 Å². The van der Waals surface area contributed by atoms with Crippen LogP contribution in [-0.4, -0.2) is 24.1 Å². The van der Waals surface area contributed by atoms with Crippen molar-refractivity contribution in [1.82, 2.24) is 9.78 Å². The number of nitrogens with zero attached hydrogens (tertiary/aromatic N) is 3. The molecule has 3 N–H and O–H groups in total. The van der Waals surface area contributed by atoms with Gasteiger partial charge in [0.15, 0.2) is 0 Å². The molecule has 0 unspecified atom stereocenters. The molecule has 0 saturated heterocycles. The molecule has 1 amide bonds. The van der Waals surface area contributed by atoms with Crippen LogP contribution in [0.3, 0.4) is 0 Å². The maximum absolute atomic E-state index is 13.1. The van der Waals surface area contributed by atoms with E-state index in [0.29, 0.717) is 5.56 Å². The van der Waals surface area contributed by atoms with Crippen LogP contribution >= 0.6 is 11.6 Å². The number of anilines is 1. The fraction of sp³-hybridized carbons (Fsp3) is 0.0556. The highest BCUT2D eigenvalue weighted by Crippen LogP contribution is 2.24. The molecular weight excluding hydrogens is 421 g/mol. The van der Waals surface area contributed by atoms with Crippen LogP contribution in [0.4, 0.5) is 10.1 Å². The number of halogens is 2.